The summed E-state index contributed by atoms with van der Waals surface area (Å²) < 4.78 is 0. The average Bonchev–Trinajstić information content (AvgIpc) is 2.12. The Morgan fingerprint density at radius 1 is 1.38 bits per heavy atom. The van der Waals surface area contributed by atoms with Gasteiger partial charge < -0.3 is 4.90 Å². The van der Waals surface area contributed by atoms with Crippen LogP contribution in [-0.4, -0.2) is 13.1 Å². The number of fused-ring (bicyclic) bond motifs is 1. The summed E-state index contributed by atoms with van der Waals surface area (Å²) >= 11 is 0. The van der Waals surface area contributed by atoms with Gasteiger partial charge in [0.15, 0.2) is 0 Å². The smallest absolute Gasteiger partial charge is 0.0428 e. The summed E-state index contributed by atoms with van der Waals surface area (Å²) in [6.45, 7) is 4.50. The molecule has 1 unspecified atom stereocenters. The van der Waals surface area contributed by atoms with Crippen molar-refractivity contribution in [3.63, 3.8) is 0 Å². The zero-order chi connectivity index (χ0) is 9.42. The van der Waals surface area contributed by atoms with Gasteiger partial charge in [-0.2, -0.15) is 0 Å². The fourth-order valence-electron chi connectivity index (χ4n) is 2.20. The lowest BCUT2D eigenvalue weighted by molar-refractivity contribution is 0.597. The lowest BCUT2D eigenvalue weighted by Crippen LogP contribution is -2.34. The molecule has 1 heteroatoms. The van der Waals surface area contributed by atoms with Gasteiger partial charge in [-0.25, -0.2) is 0 Å². The second-order valence-corrected chi connectivity index (χ2v) is 4.08. The second-order valence-electron chi connectivity index (χ2n) is 4.08. The average molecular weight is 175 g/mol. The topological polar surface area (TPSA) is 3.24 Å². The third-order valence-electron chi connectivity index (χ3n) is 3.17. The molecule has 0 saturated carbocycles. The van der Waals surface area contributed by atoms with Crippen molar-refractivity contribution in [3.05, 3.63) is 29.3 Å². The monoisotopic (exact) mass is 175 g/mol. The van der Waals surface area contributed by atoms with Crippen LogP contribution in [0.15, 0.2) is 18.2 Å². The molecule has 0 saturated heterocycles. The van der Waals surface area contributed by atoms with Crippen molar-refractivity contribution in [2.45, 2.75) is 32.7 Å². The van der Waals surface area contributed by atoms with Gasteiger partial charge in [-0.1, -0.05) is 18.2 Å². The molecule has 0 aliphatic carbocycles. The number of hydrogen-bond acceptors (Lipinski definition) is 1. The third kappa shape index (κ3) is 1.32. The lowest BCUT2D eigenvalue weighted by Gasteiger charge is -2.35. The molecule has 1 nitrogen and oxygen atoms in total. The number of benzene rings is 1. The molecule has 0 spiro atoms. The molecule has 2 rings (SSSR count). The van der Waals surface area contributed by atoms with Gasteiger partial charge in [0.2, 0.25) is 0 Å². The Hall–Kier alpha value is -0.980. The molecule has 0 bridgehead atoms. The van der Waals surface area contributed by atoms with Crippen LogP contribution in [0.1, 0.15) is 24.5 Å². The predicted molar refractivity (Wildman–Crippen MR) is 57.4 cm³/mol. The van der Waals surface area contributed by atoms with Gasteiger partial charge in [-0.05, 0) is 37.8 Å². The van der Waals surface area contributed by atoms with E-state index < -0.39 is 0 Å². The molecule has 0 radical (unpaired) electrons. The van der Waals surface area contributed by atoms with Gasteiger partial charge in [0.25, 0.3) is 0 Å². The number of para-hydroxylation sites is 1. The number of rotatable bonds is 0. The minimum atomic E-state index is 0.689. The molecule has 1 aliphatic rings. The van der Waals surface area contributed by atoms with Crippen LogP contribution in [-0.2, 0) is 6.42 Å². The van der Waals surface area contributed by atoms with Crippen LogP contribution in [0, 0.1) is 6.92 Å². The number of hydrogen-bond donors (Lipinski definition) is 0. The summed E-state index contributed by atoms with van der Waals surface area (Å²) in [5, 5.41) is 0. The molecule has 1 heterocycles. The quantitative estimate of drug-likeness (QED) is 0.586. The first-order valence-electron chi connectivity index (χ1n) is 5.01. The van der Waals surface area contributed by atoms with Crippen LogP contribution < -0.4 is 4.90 Å². The maximum atomic E-state index is 2.41. The van der Waals surface area contributed by atoms with Crippen molar-refractivity contribution in [1.82, 2.24) is 0 Å². The van der Waals surface area contributed by atoms with Crippen molar-refractivity contribution in [2.24, 2.45) is 0 Å². The maximum Gasteiger partial charge on any atom is 0.0428 e. The Labute approximate surface area is 80.4 Å². The molecule has 1 aromatic carbocycles. The summed E-state index contributed by atoms with van der Waals surface area (Å²) in [7, 11) is 2.20. The molecule has 13 heavy (non-hydrogen) atoms. The van der Waals surface area contributed by atoms with E-state index in [1.54, 1.807) is 0 Å². The SMILES string of the molecule is Cc1cccc2c1N(C)C(C)CC2. The van der Waals surface area contributed by atoms with Gasteiger partial charge >= 0.3 is 0 Å². The third-order valence-corrected chi connectivity index (χ3v) is 3.17. The molecule has 0 N–H and O–H groups in total. The Kier molecular flexibility index (Phi) is 2.03. The lowest BCUT2D eigenvalue weighted by atomic mass is 9.95. The van der Waals surface area contributed by atoms with E-state index in [9.17, 15) is 0 Å². The molecule has 1 aromatic rings. The van der Waals surface area contributed by atoms with Crippen LogP contribution in [0.5, 0.6) is 0 Å². The van der Waals surface area contributed by atoms with Crippen molar-refractivity contribution in [3.8, 4) is 0 Å². The molecule has 1 atom stereocenters. The van der Waals surface area contributed by atoms with Gasteiger partial charge in [-0.15, -0.1) is 0 Å². The van der Waals surface area contributed by atoms with E-state index in [2.05, 4.69) is 44.0 Å². The van der Waals surface area contributed by atoms with Crippen LogP contribution in [0.4, 0.5) is 5.69 Å². The molecule has 0 amide bonds. The highest BCUT2D eigenvalue weighted by molar-refractivity contribution is 5.61. The summed E-state index contributed by atoms with van der Waals surface area (Å²) in [5.74, 6) is 0. The predicted octanol–water partition coefficient (Wildman–Crippen LogP) is 2.77. The van der Waals surface area contributed by atoms with Crippen molar-refractivity contribution in [1.29, 1.82) is 0 Å². The largest absolute Gasteiger partial charge is 0.371 e. The van der Waals surface area contributed by atoms with Crippen molar-refractivity contribution >= 4 is 5.69 Å². The zero-order valence-electron chi connectivity index (χ0n) is 8.67. The van der Waals surface area contributed by atoms with Crippen molar-refractivity contribution < 1.29 is 0 Å². The molecular formula is C12H17N. The number of aryl methyl sites for hydroxylation is 2. The zero-order valence-corrected chi connectivity index (χ0v) is 8.67. The summed E-state index contributed by atoms with van der Waals surface area (Å²) in [6, 6.07) is 7.31. The highest BCUT2D eigenvalue weighted by Gasteiger charge is 2.20. The first-order chi connectivity index (χ1) is 6.20. The minimum Gasteiger partial charge on any atom is -0.371 e. The summed E-state index contributed by atoms with van der Waals surface area (Å²) in [5.41, 5.74) is 4.38. The van der Waals surface area contributed by atoms with E-state index in [1.807, 2.05) is 0 Å². The normalized spacial score (nSPS) is 21.5. The Balaban J connectivity index is 2.51. The maximum absolute atomic E-state index is 2.41. The number of nitrogens with zero attached hydrogens (tertiary/aromatic N) is 1. The van der Waals surface area contributed by atoms with E-state index >= 15 is 0 Å². The first-order valence-corrected chi connectivity index (χ1v) is 5.01. The van der Waals surface area contributed by atoms with E-state index in [1.165, 1.54) is 29.7 Å². The fraction of sp³-hybridized carbons (Fsp3) is 0.500. The first kappa shape index (κ1) is 8.61. The van der Waals surface area contributed by atoms with E-state index in [0.29, 0.717) is 6.04 Å². The van der Waals surface area contributed by atoms with Crippen LogP contribution in [0.2, 0.25) is 0 Å². The second kappa shape index (κ2) is 3.06. The van der Waals surface area contributed by atoms with Gasteiger partial charge in [0.05, 0.1) is 0 Å². The number of anilines is 1. The summed E-state index contributed by atoms with van der Waals surface area (Å²) in [4.78, 5) is 2.41. The standard InChI is InChI=1S/C12H17N/c1-9-5-4-6-11-8-7-10(2)13(3)12(9)11/h4-6,10H,7-8H2,1-3H3. The van der Waals surface area contributed by atoms with Crippen LogP contribution in [0.3, 0.4) is 0 Å². The van der Waals surface area contributed by atoms with Crippen LogP contribution >= 0.6 is 0 Å². The summed E-state index contributed by atoms with van der Waals surface area (Å²) in [6.07, 6.45) is 2.52. The Morgan fingerprint density at radius 2 is 2.15 bits per heavy atom. The molecule has 0 fully saturated rings. The van der Waals surface area contributed by atoms with E-state index in [0.717, 1.165) is 0 Å². The van der Waals surface area contributed by atoms with E-state index in [-0.39, 0.29) is 0 Å². The van der Waals surface area contributed by atoms with Gasteiger partial charge in [-0.3, -0.25) is 0 Å². The Morgan fingerprint density at radius 3 is 2.92 bits per heavy atom. The highest BCUT2D eigenvalue weighted by Crippen LogP contribution is 2.31. The van der Waals surface area contributed by atoms with Gasteiger partial charge in [0, 0.05) is 18.8 Å². The molecule has 70 valence electrons. The highest BCUT2D eigenvalue weighted by atomic mass is 15.1. The van der Waals surface area contributed by atoms with Crippen LogP contribution in [0.25, 0.3) is 0 Å². The van der Waals surface area contributed by atoms with Gasteiger partial charge in [0.1, 0.15) is 0 Å². The van der Waals surface area contributed by atoms with Crippen molar-refractivity contribution in [2.75, 3.05) is 11.9 Å². The Bertz CT molecular complexity index is 317. The minimum absolute atomic E-state index is 0.689. The van der Waals surface area contributed by atoms with E-state index in [4.69, 9.17) is 0 Å². The molecule has 0 aromatic heterocycles. The fourth-order valence-corrected chi connectivity index (χ4v) is 2.20. The molecule has 1 aliphatic heterocycles. The molecular weight excluding hydrogens is 158 g/mol.